The van der Waals surface area contributed by atoms with E-state index >= 15 is 0 Å². The van der Waals surface area contributed by atoms with Gasteiger partial charge in [-0.05, 0) is 23.8 Å². The van der Waals surface area contributed by atoms with Crippen molar-refractivity contribution in [3.8, 4) is 11.5 Å². The van der Waals surface area contributed by atoms with Gasteiger partial charge in [0, 0.05) is 36.8 Å². The molecule has 0 saturated carbocycles. The summed E-state index contributed by atoms with van der Waals surface area (Å²) in [6, 6.07) is 10.7. The lowest BCUT2D eigenvalue weighted by molar-refractivity contribution is -0.116. The second-order valence-electron chi connectivity index (χ2n) is 7.17. The Bertz CT molecular complexity index is 1210. The van der Waals surface area contributed by atoms with E-state index in [4.69, 9.17) is 4.74 Å². The van der Waals surface area contributed by atoms with Crippen LogP contribution in [0, 0.1) is 5.82 Å². The van der Waals surface area contributed by atoms with Crippen molar-refractivity contribution in [2.75, 3.05) is 12.4 Å². The number of carbonyl (C=O) groups excluding carboxylic acids is 1. The van der Waals surface area contributed by atoms with Crippen molar-refractivity contribution in [1.82, 2.24) is 9.55 Å². The molecule has 3 aromatic rings. The van der Waals surface area contributed by atoms with Crippen LogP contribution in [0.3, 0.4) is 0 Å². The fourth-order valence-electron chi connectivity index (χ4n) is 3.65. The molecule has 0 aliphatic carbocycles. The Morgan fingerprint density at radius 1 is 1.26 bits per heavy atom. The van der Waals surface area contributed by atoms with Crippen LogP contribution in [-0.4, -0.2) is 27.7 Å². The summed E-state index contributed by atoms with van der Waals surface area (Å²) in [5.74, 6) is 0.194. The number of phenolic OH excluding ortho intramolecular Hbond substituents is 1. The topological polar surface area (TPSA) is 93.4 Å². The van der Waals surface area contributed by atoms with Crippen molar-refractivity contribution in [1.29, 1.82) is 0 Å². The van der Waals surface area contributed by atoms with E-state index in [-0.39, 0.29) is 23.9 Å². The Labute approximate surface area is 181 Å². The number of aromatic hydroxyl groups is 1. The number of nitrogens with one attached hydrogen (secondary N) is 1. The molecule has 1 aliphatic rings. The number of rotatable bonds is 5. The third kappa shape index (κ3) is 4.13. The van der Waals surface area contributed by atoms with E-state index in [1.807, 2.05) is 0 Å². The Hall–Kier alpha value is -3.33. The fourth-order valence-corrected chi connectivity index (χ4v) is 4.57. The molecule has 31 heavy (non-hydrogen) atoms. The SMILES string of the molecule is COc1cc(O)ccc1C1CC(=O)Nc2c1c(=O)nc(SCc1ccc(F)cc1)n2C. The van der Waals surface area contributed by atoms with Crippen molar-refractivity contribution in [2.45, 2.75) is 23.2 Å². The lowest BCUT2D eigenvalue weighted by atomic mass is 9.86. The Morgan fingerprint density at radius 3 is 2.71 bits per heavy atom. The molecule has 0 fully saturated rings. The fraction of sp³-hybridized carbons (Fsp3) is 0.227. The minimum Gasteiger partial charge on any atom is -0.508 e. The van der Waals surface area contributed by atoms with E-state index in [0.717, 1.165) is 5.56 Å². The van der Waals surface area contributed by atoms with Crippen molar-refractivity contribution in [2.24, 2.45) is 7.05 Å². The third-order valence-corrected chi connectivity index (χ3v) is 6.28. The largest absolute Gasteiger partial charge is 0.508 e. The first-order valence-electron chi connectivity index (χ1n) is 9.52. The number of methoxy groups -OCH3 is 1. The predicted octanol–water partition coefficient (Wildman–Crippen LogP) is 3.40. The Balaban J connectivity index is 1.74. The number of thioether (sulfide) groups is 1. The van der Waals surface area contributed by atoms with Gasteiger partial charge in [-0.15, -0.1) is 0 Å². The summed E-state index contributed by atoms with van der Waals surface area (Å²) in [6.07, 6.45) is 0.0626. The molecular weight excluding hydrogens is 421 g/mol. The van der Waals surface area contributed by atoms with E-state index in [1.54, 1.807) is 29.8 Å². The van der Waals surface area contributed by atoms with Gasteiger partial charge in [-0.1, -0.05) is 30.0 Å². The smallest absolute Gasteiger partial charge is 0.279 e. The number of halogens is 1. The highest BCUT2D eigenvalue weighted by Gasteiger charge is 2.33. The molecule has 2 aromatic carbocycles. The molecule has 160 valence electrons. The number of phenols is 1. The summed E-state index contributed by atoms with van der Waals surface area (Å²) in [6.45, 7) is 0. The summed E-state index contributed by atoms with van der Waals surface area (Å²) in [5, 5.41) is 13.0. The minimum atomic E-state index is -0.554. The molecule has 2 N–H and O–H groups in total. The molecule has 1 unspecified atom stereocenters. The van der Waals surface area contributed by atoms with Gasteiger partial charge in [0.2, 0.25) is 5.91 Å². The normalized spacial score (nSPS) is 15.3. The van der Waals surface area contributed by atoms with Crippen LogP contribution >= 0.6 is 11.8 Å². The predicted molar refractivity (Wildman–Crippen MR) is 115 cm³/mol. The van der Waals surface area contributed by atoms with Crippen LogP contribution in [0.2, 0.25) is 0 Å². The Kier molecular flexibility index (Phi) is 5.69. The Morgan fingerprint density at radius 2 is 2.00 bits per heavy atom. The van der Waals surface area contributed by atoms with Gasteiger partial charge in [0.25, 0.3) is 5.56 Å². The summed E-state index contributed by atoms with van der Waals surface area (Å²) >= 11 is 1.32. The molecule has 1 atom stereocenters. The summed E-state index contributed by atoms with van der Waals surface area (Å²) < 4.78 is 20.2. The van der Waals surface area contributed by atoms with Crippen molar-refractivity contribution >= 4 is 23.5 Å². The van der Waals surface area contributed by atoms with Gasteiger partial charge >= 0.3 is 0 Å². The zero-order valence-electron chi connectivity index (χ0n) is 16.9. The zero-order chi connectivity index (χ0) is 22.1. The number of ether oxygens (including phenoxy) is 1. The maximum atomic E-state index is 13.1. The second kappa shape index (κ2) is 8.43. The number of carbonyl (C=O) groups is 1. The average molecular weight is 441 g/mol. The minimum absolute atomic E-state index is 0.0275. The quantitative estimate of drug-likeness (QED) is 0.466. The number of benzene rings is 2. The maximum Gasteiger partial charge on any atom is 0.279 e. The van der Waals surface area contributed by atoms with Crippen LogP contribution in [0.15, 0.2) is 52.4 Å². The van der Waals surface area contributed by atoms with Gasteiger partial charge in [0.1, 0.15) is 23.1 Å². The second-order valence-corrected chi connectivity index (χ2v) is 8.11. The van der Waals surface area contributed by atoms with Gasteiger partial charge < -0.3 is 19.7 Å². The highest BCUT2D eigenvalue weighted by atomic mass is 32.2. The van der Waals surface area contributed by atoms with E-state index in [0.29, 0.717) is 33.6 Å². The maximum absolute atomic E-state index is 13.1. The highest BCUT2D eigenvalue weighted by Crippen LogP contribution is 2.40. The average Bonchev–Trinajstić information content (AvgIpc) is 2.75. The van der Waals surface area contributed by atoms with E-state index in [1.165, 1.54) is 43.1 Å². The van der Waals surface area contributed by atoms with Gasteiger partial charge in [-0.3, -0.25) is 9.59 Å². The first kappa shape index (κ1) is 20.9. The molecule has 0 spiro atoms. The van der Waals surface area contributed by atoms with Crippen LogP contribution in [0.1, 0.15) is 29.0 Å². The molecule has 1 aliphatic heterocycles. The monoisotopic (exact) mass is 441 g/mol. The van der Waals surface area contributed by atoms with Crippen molar-refractivity contribution in [3.63, 3.8) is 0 Å². The number of fused-ring (bicyclic) bond motifs is 1. The van der Waals surface area contributed by atoms with Gasteiger partial charge in [-0.2, -0.15) is 4.98 Å². The summed E-state index contributed by atoms with van der Waals surface area (Å²) in [7, 11) is 3.20. The number of aromatic nitrogens is 2. The zero-order valence-corrected chi connectivity index (χ0v) is 17.7. The van der Waals surface area contributed by atoms with Crippen molar-refractivity contribution < 1.29 is 19.0 Å². The molecule has 1 amide bonds. The van der Waals surface area contributed by atoms with Crippen LogP contribution in [0.5, 0.6) is 11.5 Å². The first-order valence-corrected chi connectivity index (χ1v) is 10.5. The van der Waals surface area contributed by atoms with Gasteiger partial charge in [0.15, 0.2) is 5.16 Å². The summed E-state index contributed by atoms with van der Waals surface area (Å²) in [5.41, 5.74) is 1.45. The van der Waals surface area contributed by atoms with E-state index in [2.05, 4.69) is 10.3 Å². The molecule has 1 aromatic heterocycles. The number of anilines is 1. The molecule has 0 saturated heterocycles. The van der Waals surface area contributed by atoms with Crippen LogP contribution in [0.25, 0.3) is 0 Å². The lowest BCUT2D eigenvalue weighted by Crippen LogP contribution is -2.33. The lowest BCUT2D eigenvalue weighted by Gasteiger charge is -2.28. The standard InChI is InChI=1S/C22H20FN3O4S/c1-26-20-19(21(29)25-22(26)31-11-12-3-5-13(23)6-4-12)16(10-18(28)24-20)15-8-7-14(27)9-17(15)30-2/h3-9,16,27H,10-11H2,1-2H3,(H,24,28). The third-order valence-electron chi connectivity index (χ3n) is 5.17. The number of hydrogen-bond acceptors (Lipinski definition) is 6. The first-order chi connectivity index (χ1) is 14.9. The molecule has 9 heteroatoms. The molecule has 7 nitrogen and oxygen atoms in total. The highest BCUT2D eigenvalue weighted by molar-refractivity contribution is 7.98. The summed E-state index contributed by atoms with van der Waals surface area (Å²) in [4.78, 5) is 29.8. The van der Waals surface area contributed by atoms with E-state index in [9.17, 15) is 19.1 Å². The van der Waals surface area contributed by atoms with Crippen LogP contribution in [-0.2, 0) is 17.6 Å². The molecule has 2 heterocycles. The molecule has 0 radical (unpaired) electrons. The van der Waals surface area contributed by atoms with Crippen molar-refractivity contribution in [3.05, 3.63) is 75.3 Å². The van der Waals surface area contributed by atoms with Gasteiger partial charge in [0.05, 0.1) is 12.7 Å². The van der Waals surface area contributed by atoms with E-state index < -0.39 is 11.5 Å². The number of hydrogen-bond donors (Lipinski definition) is 2. The molecule has 0 bridgehead atoms. The van der Waals surface area contributed by atoms with Crippen LogP contribution < -0.4 is 15.6 Å². The number of amides is 1. The number of nitrogens with zero attached hydrogens (tertiary/aromatic N) is 2. The van der Waals surface area contributed by atoms with Crippen LogP contribution in [0.4, 0.5) is 10.2 Å². The molecular formula is C22H20FN3O4S. The van der Waals surface area contributed by atoms with Gasteiger partial charge in [-0.25, -0.2) is 4.39 Å². The molecule has 4 rings (SSSR count).